The van der Waals surface area contributed by atoms with Gasteiger partial charge in [-0.05, 0) is 11.4 Å². The third kappa shape index (κ3) is 1.80. The molecule has 0 aliphatic rings. The van der Waals surface area contributed by atoms with E-state index >= 15 is 0 Å². The van der Waals surface area contributed by atoms with E-state index in [0.29, 0.717) is 5.56 Å². The summed E-state index contributed by atoms with van der Waals surface area (Å²) in [4.78, 5) is 4.63. The van der Waals surface area contributed by atoms with Gasteiger partial charge in [-0.3, -0.25) is 4.98 Å². The van der Waals surface area contributed by atoms with E-state index < -0.39 is 0 Å². The Morgan fingerprint density at radius 2 is 2.00 bits per heavy atom. The second-order valence-electron chi connectivity index (χ2n) is 3.13. The number of pyridine rings is 1. The minimum absolute atomic E-state index is 0.0694. The molecule has 82 valence electrons. The Morgan fingerprint density at radius 3 is 2.53 bits per heavy atom. The van der Waals surface area contributed by atoms with Crippen molar-refractivity contribution in [3.05, 3.63) is 28.6 Å². The van der Waals surface area contributed by atoms with Gasteiger partial charge in [-0.1, -0.05) is 11.1 Å². The van der Waals surface area contributed by atoms with Gasteiger partial charge in [0.25, 0.3) is 0 Å². The Kier molecular flexibility index (Phi) is 2.92. The molecule has 2 N–H and O–H groups in total. The SMILES string of the molecule is N#Cc1c(N)nc([S-])c(C#N)c1-c1cccs1. The highest BCUT2D eigenvalue weighted by atomic mass is 32.1. The molecule has 0 atom stereocenters. The second kappa shape index (κ2) is 4.38. The summed E-state index contributed by atoms with van der Waals surface area (Å²) in [6.45, 7) is 0. The first-order chi connectivity index (χ1) is 8.19. The van der Waals surface area contributed by atoms with E-state index in [4.69, 9.17) is 28.9 Å². The van der Waals surface area contributed by atoms with Gasteiger partial charge in [0.05, 0.1) is 11.6 Å². The van der Waals surface area contributed by atoms with Crippen LogP contribution in [0, 0.1) is 22.7 Å². The summed E-state index contributed by atoms with van der Waals surface area (Å²) in [6.07, 6.45) is 0. The summed E-state index contributed by atoms with van der Waals surface area (Å²) < 4.78 is 0. The van der Waals surface area contributed by atoms with Gasteiger partial charge in [-0.2, -0.15) is 10.5 Å². The maximum atomic E-state index is 9.11. The molecule has 0 aliphatic heterocycles. The number of rotatable bonds is 1. The number of aromatic nitrogens is 1. The topological polar surface area (TPSA) is 86.5 Å². The van der Waals surface area contributed by atoms with Crippen LogP contribution < -0.4 is 5.73 Å². The number of nitrogen functional groups attached to an aromatic ring is 1. The minimum Gasteiger partial charge on any atom is -0.759 e. The van der Waals surface area contributed by atoms with Crippen molar-refractivity contribution < 1.29 is 0 Å². The molecule has 0 radical (unpaired) electrons. The van der Waals surface area contributed by atoms with Crippen LogP contribution in [0.5, 0.6) is 0 Å². The molecule has 0 unspecified atom stereocenters. The molecule has 0 aliphatic carbocycles. The van der Waals surface area contributed by atoms with Crippen molar-refractivity contribution in [2.45, 2.75) is 5.03 Å². The van der Waals surface area contributed by atoms with E-state index in [1.54, 1.807) is 0 Å². The van der Waals surface area contributed by atoms with Crippen LogP contribution in [-0.2, 0) is 12.6 Å². The Balaban J connectivity index is 2.89. The number of nitriles is 2. The quantitative estimate of drug-likeness (QED) is 0.790. The standard InChI is InChI=1S/C11H6N4S2/c12-4-6-9(8-2-1-3-17-8)7(5-13)11(16)15-10(6)14/h1-3H,(H3,14,15,16)/p-1. The summed E-state index contributed by atoms with van der Waals surface area (Å²) >= 11 is 6.41. The number of nitrogens with two attached hydrogens (primary N) is 1. The first-order valence-electron chi connectivity index (χ1n) is 4.53. The Labute approximate surface area is 107 Å². The van der Waals surface area contributed by atoms with Crippen LogP contribution in [0.1, 0.15) is 11.1 Å². The van der Waals surface area contributed by atoms with Crippen LogP contribution in [0.15, 0.2) is 22.5 Å². The molecule has 0 fully saturated rings. The van der Waals surface area contributed by atoms with E-state index in [2.05, 4.69) is 4.98 Å². The fourth-order valence-corrected chi connectivity index (χ4v) is 2.49. The summed E-state index contributed by atoms with van der Waals surface area (Å²) in [5.74, 6) is 0.0694. The van der Waals surface area contributed by atoms with Crippen molar-refractivity contribution in [2.24, 2.45) is 0 Å². The molecule has 0 saturated heterocycles. The fourth-order valence-electron chi connectivity index (χ4n) is 1.47. The maximum absolute atomic E-state index is 9.11. The van der Waals surface area contributed by atoms with Crippen LogP contribution in [0.4, 0.5) is 5.82 Å². The van der Waals surface area contributed by atoms with Crippen molar-refractivity contribution in [3.8, 4) is 22.6 Å². The van der Waals surface area contributed by atoms with Crippen LogP contribution in [0.3, 0.4) is 0 Å². The van der Waals surface area contributed by atoms with E-state index in [-0.39, 0.29) is 22.0 Å². The molecule has 2 rings (SSSR count). The molecule has 2 heterocycles. The molecule has 0 spiro atoms. The van der Waals surface area contributed by atoms with E-state index in [1.165, 1.54) is 11.3 Å². The summed E-state index contributed by atoms with van der Waals surface area (Å²) in [7, 11) is 0. The zero-order valence-corrected chi connectivity index (χ0v) is 10.1. The van der Waals surface area contributed by atoms with Crippen LogP contribution in [0.2, 0.25) is 0 Å². The van der Waals surface area contributed by atoms with Crippen molar-refractivity contribution in [1.82, 2.24) is 4.98 Å². The highest BCUT2D eigenvalue weighted by molar-refractivity contribution is 7.58. The second-order valence-corrected chi connectivity index (χ2v) is 4.46. The summed E-state index contributed by atoms with van der Waals surface area (Å²) in [6, 6.07) is 7.61. The number of nitrogens with zero attached hydrogens (tertiary/aromatic N) is 3. The lowest BCUT2D eigenvalue weighted by atomic mass is 10.0. The van der Waals surface area contributed by atoms with Crippen LogP contribution >= 0.6 is 11.3 Å². The minimum atomic E-state index is 0.0694. The molecule has 6 heteroatoms. The van der Waals surface area contributed by atoms with Gasteiger partial charge >= 0.3 is 0 Å². The molecule has 0 saturated carbocycles. The Bertz CT molecular complexity index is 609. The van der Waals surface area contributed by atoms with Crippen LogP contribution in [0.25, 0.3) is 10.4 Å². The number of hydrogen-bond donors (Lipinski definition) is 1. The monoisotopic (exact) mass is 257 g/mol. The number of thiophene rings is 1. The average molecular weight is 257 g/mol. The predicted molar refractivity (Wildman–Crippen MR) is 67.0 cm³/mol. The van der Waals surface area contributed by atoms with Gasteiger partial charge in [0, 0.05) is 10.4 Å². The van der Waals surface area contributed by atoms with Gasteiger partial charge in [0.2, 0.25) is 0 Å². The van der Waals surface area contributed by atoms with Gasteiger partial charge in [-0.15, -0.1) is 11.3 Å². The lowest BCUT2D eigenvalue weighted by Gasteiger charge is -2.14. The van der Waals surface area contributed by atoms with Gasteiger partial charge in [-0.25, -0.2) is 0 Å². The molecule has 2 aromatic rings. The lowest BCUT2D eigenvalue weighted by molar-refractivity contribution is 1.12. The highest BCUT2D eigenvalue weighted by Gasteiger charge is 2.16. The molecular weight excluding hydrogens is 252 g/mol. The summed E-state index contributed by atoms with van der Waals surface area (Å²) in [5.41, 5.74) is 6.58. The molecule has 0 amide bonds. The first-order valence-corrected chi connectivity index (χ1v) is 5.82. The largest absolute Gasteiger partial charge is 0.759 e. The molecule has 17 heavy (non-hydrogen) atoms. The molecule has 4 nitrogen and oxygen atoms in total. The van der Waals surface area contributed by atoms with Gasteiger partial charge in [0.1, 0.15) is 17.5 Å². The lowest BCUT2D eigenvalue weighted by Crippen LogP contribution is -2.02. The first kappa shape index (κ1) is 11.3. The van der Waals surface area contributed by atoms with Crippen molar-refractivity contribution in [3.63, 3.8) is 0 Å². The Morgan fingerprint density at radius 1 is 1.29 bits per heavy atom. The maximum Gasteiger partial charge on any atom is 0.140 e. The highest BCUT2D eigenvalue weighted by Crippen LogP contribution is 2.34. The van der Waals surface area contributed by atoms with E-state index in [1.807, 2.05) is 29.7 Å². The van der Waals surface area contributed by atoms with E-state index in [0.717, 1.165) is 4.88 Å². The number of hydrogen-bond acceptors (Lipinski definition) is 6. The Hall–Kier alpha value is -2.15. The smallest absolute Gasteiger partial charge is 0.140 e. The van der Waals surface area contributed by atoms with Crippen LogP contribution in [-0.4, -0.2) is 4.98 Å². The zero-order chi connectivity index (χ0) is 12.4. The number of anilines is 1. The van der Waals surface area contributed by atoms with Gasteiger partial charge < -0.3 is 18.4 Å². The fraction of sp³-hybridized carbons (Fsp3) is 0. The summed E-state index contributed by atoms with van der Waals surface area (Å²) in [5, 5.41) is 20.2. The predicted octanol–water partition coefficient (Wildman–Crippen LogP) is 2.04. The average Bonchev–Trinajstić information content (AvgIpc) is 2.81. The van der Waals surface area contributed by atoms with Crippen molar-refractivity contribution in [2.75, 3.05) is 5.73 Å². The molecule has 0 bridgehead atoms. The molecule has 0 aromatic carbocycles. The molecular formula is C11H5N4S2-. The van der Waals surface area contributed by atoms with E-state index in [9.17, 15) is 0 Å². The third-order valence-electron chi connectivity index (χ3n) is 2.18. The normalized spacial score (nSPS) is 9.53. The van der Waals surface area contributed by atoms with Crippen molar-refractivity contribution in [1.29, 1.82) is 10.5 Å². The van der Waals surface area contributed by atoms with Gasteiger partial charge in [0.15, 0.2) is 0 Å². The van der Waals surface area contributed by atoms with Crippen molar-refractivity contribution >= 4 is 29.8 Å². The zero-order valence-electron chi connectivity index (χ0n) is 8.47. The third-order valence-corrected chi connectivity index (χ3v) is 3.37. The molecule has 2 aromatic heterocycles.